The van der Waals surface area contributed by atoms with Crippen molar-refractivity contribution < 1.29 is 32.2 Å². The van der Waals surface area contributed by atoms with E-state index in [4.69, 9.17) is 14.2 Å². The second-order valence-corrected chi connectivity index (χ2v) is 7.43. The lowest BCUT2D eigenvalue weighted by Gasteiger charge is -2.11. The maximum absolute atomic E-state index is 13.8. The van der Waals surface area contributed by atoms with Crippen molar-refractivity contribution in [2.75, 3.05) is 13.9 Å². The molecule has 1 aliphatic heterocycles. The molecule has 0 bridgehead atoms. The lowest BCUT2D eigenvalue weighted by atomic mass is 10.1. The number of alkyl halides is 3. The molecule has 0 fully saturated rings. The molecule has 1 N–H and O–H groups in total. The second-order valence-electron chi connectivity index (χ2n) is 7.43. The SMILES string of the molecule is COc1cccc(-c2cc(C(F)(F)F)n3nc(C(=O)NCc4ccc5c(c4)OCO5)cc3n2)c1. The van der Waals surface area contributed by atoms with E-state index in [1.165, 1.54) is 13.2 Å². The largest absolute Gasteiger partial charge is 0.497 e. The van der Waals surface area contributed by atoms with Gasteiger partial charge in [0.25, 0.3) is 5.91 Å². The predicted molar refractivity (Wildman–Crippen MR) is 114 cm³/mol. The summed E-state index contributed by atoms with van der Waals surface area (Å²) in [6.45, 7) is 0.247. The predicted octanol–water partition coefficient (Wildman–Crippen LogP) is 4.08. The highest BCUT2D eigenvalue weighted by Crippen LogP contribution is 2.34. The van der Waals surface area contributed by atoms with E-state index in [-0.39, 0.29) is 30.4 Å². The van der Waals surface area contributed by atoms with E-state index in [1.54, 1.807) is 42.5 Å². The Kier molecular flexibility index (Phi) is 5.23. The van der Waals surface area contributed by atoms with Gasteiger partial charge in [-0.05, 0) is 35.9 Å². The van der Waals surface area contributed by atoms with Crippen LogP contribution >= 0.6 is 0 Å². The van der Waals surface area contributed by atoms with E-state index in [1.807, 2.05) is 0 Å². The number of halogens is 3. The first-order chi connectivity index (χ1) is 16.3. The number of hydrogen-bond donors (Lipinski definition) is 1. The van der Waals surface area contributed by atoms with E-state index in [2.05, 4.69) is 15.4 Å². The van der Waals surface area contributed by atoms with Crippen LogP contribution < -0.4 is 19.5 Å². The maximum atomic E-state index is 13.8. The number of ether oxygens (including phenoxy) is 3. The Labute approximate surface area is 190 Å². The first kappa shape index (κ1) is 21.6. The monoisotopic (exact) mass is 470 g/mol. The molecule has 174 valence electrons. The van der Waals surface area contributed by atoms with Crippen molar-refractivity contribution in [3.8, 4) is 28.5 Å². The summed E-state index contributed by atoms with van der Waals surface area (Å²) < 4.78 is 57.8. The molecule has 0 saturated carbocycles. The van der Waals surface area contributed by atoms with Gasteiger partial charge in [-0.2, -0.15) is 18.3 Å². The summed E-state index contributed by atoms with van der Waals surface area (Å²) in [4.78, 5) is 16.9. The van der Waals surface area contributed by atoms with Gasteiger partial charge in [0, 0.05) is 18.2 Å². The minimum absolute atomic E-state index is 0.0749. The normalized spacial score (nSPS) is 12.7. The number of aromatic nitrogens is 3. The third-order valence-corrected chi connectivity index (χ3v) is 5.21. The van der Waals surface area contributed by atoms with Crippen molar-refractivity contribution in [2.45, 2.75) is 12.7 Å². The molecule has 4 aromatic rings. The number of benzene rings is 2. The molecule has 0 aliphatic carbocycles. The Morgan fingerprint density at radius 2 is 1.94 bits per heavy atom. The van der Waals surface area contributed by atoms with Crippen molar-refractivity contribution >= 4 is 11.6 Å². The van der Waals surface area contributed by atoms with Crippen LogP contribution in [0.25, 0.3) is 16.9 Å². The van der Waals surface area contributed by atoms with E-state index in [9.17, 15) is 18.0 Å². The summed E-state index contributed by atoms with van der Waals surface area (Å²) in [5, 5.41) is 6.52. The molecule has 0 spiro atoms. The van der Waals surface area contributed by atoms with Gasteiger partial charge in [0.15, 0.2) is 28.5 Å². The quantitative estimate of drug-likeness (QED) is 0.473. The van der Waals surface area contributed by atoms with Gasteiger partial charge in [0.05, 0.1) is 12.8 Å². The number of fused-ring (bicyclic) bond motifs is 2. The number of amides is 1. The minimum Gasteiger partial charge on any atom is -0.497 e. The highest BCUT2D eigenvalue weighted by molar-refractivity contribution is 5.93. The van der Waals surface area contributed by atoms with Gasteiger partial charge in [0.2, 0.25) is 6.79 Å². The van der Waals surface area contributed by atoms with Crippen LogP contribution in [0.5, 0.6) is 17.2 Å². The van der Waals surface area contributed by atoms with Crippen LogP contribution in [0.4, 0.5) is 13.2 Å². The summed E-state index contributed by atoms with van der Waals surface area (Å²) in [6.07, 6.45) is -4.72. The smallest absolute Gasteiger partial charge is 0.433 e. The maximum Gasteiger partial charge on any atom is 0.433 e. The first-order valence-corrected chi connectivity index (χ1v) is 10.1. The summed E-state index contributed by atoms with van der Waals surface area (Å²) in [7, 11) is 1.46. The molecular weight excluding hydrogens is 453 g/mol. The van der Waals surface area contributed by atoms with Gasteiger partial charge in [-0.1, -0.05) is 18.2 Å². The molecule has 3 heterocycles. The molecule has 0 radical (unpaired) electrons. The van der Waals surface area contributed by atoms with Gasteiger partial charge in [-0.25, -0.2) is 9.50 Å². The summed E-state index contributed by atoms with van der Waals surface area (Å²) in [6, 6.07) is 13.8. The highest BCUT2D eigenvalue weighted by atomic mass is 19.4. The molecule has 2 aromatic heterocycles. The average molecular weight is 470 g/mol. The highest BCUT2D eigenvalue weighted by Gasteiger charge is 2.35. The Morgan fingerprint density at radius 3 is 2.74 bits per heavy atom. The number of methoxy groups -OCH3 is 1. The van der Waals surface area contributed by atoms with E-state index < -0.39 is 17.8 Å². The second kappa shape index (κ2) is 8.25. The molecule has 0 saturated heterocycles. The van der Waals surface area contributed by atoms with Crippen molar-refractivity contribution in [3.63, 3.8) is 0 Å². The van der Waals surface area contributed by atoms with Gasteiger partial charge in [-0.15, -0.1) is 0 Å². The molecular formula is C23H17F3N4O4. The lowest BCUT2D eigenvalue weighted by Crippen LogP contribution is -2.23. The zero-order valence-electron chi connectivity index (χ0n) is 17.7. The fraction of sp³-hybridized carbons (Fsp3) is 0.174. The van der Waals surface area contributed by atoms with Crippen molar-refractivity contribution in [1.29, 1.82) is 0 Å². The zero-order chi connectivity index (χ0) is 23.9. The molecule has 11 heteroatoms. The van der Waals surface area contributed by atoms with E-state index in [0.717, 1.165) is 11.6 Å². The topological polar surface area (TPSA) is 87.0 Å². The molecule has 0 unspecified atom stereocenters. The third-order valence-electron chi connectivity index (χ3n) is 5.21. The van der Waals surface area contributed by atoms with Crippen LogP contribution in [0.3, 0.4) is 0 Å². The molecule has 1 amide bonds. The van der Waals surface area contributed by atoms with Crippen molar-refractivity contribution in [1.82, 2.24) is 19.9 Å². The minimum atomic E-state index is -4.72. The summed E-state index contributed by atoms with van der Waals surface area (Å²) in [5.74, 6) is 1.00. The van der Waals surface area contributed by atoms with Gasteiger partial charge in [0.1, 0.15) is 5.75 Å². The fourth-order valence-electron chi connectivity index (χ4n) is 3.54. The number of carbonyl (C=O) groups is 1. The number of nitrogens with zero attached hydrogens (tertiary/aromatic N) is 3. The van der Waals surface area contributed by atoms with E-state index >= 15 is 0 Å². The summed E-state index contributed by atoms with van der Waals surface area (Å²) >= 11 is 0. The van der Waals surface area contributed by atoms with Crippen molar-refractivity contribution in [3.05, 3.63) is 71.5 Å². The Morgan fingerprint density at radius 1 is 1.12 bits per heavy atom. The van der Waals surface area contributed by atoms with Crippen LogP contribution in [0.15, 0.2) is 54.6 Å². The number of hydrogen-bond acceptors (Lipinski definition) is 6. The Bertz CT molecular complexity index is 1400. The van der Waals surface area contributed by atoms with Crippen LogP contribution in [-0.2, 0) is 12.7 Å². The number of rotatable bonds is 5. The zero-order valence-corrected chi connectivity index (χ0v) is 17.7. The van der Waals surface area contributed by atoms with Crippen LogP contribution in [0, 0.1) is 0 Å². The van der Waals surface area contributed by atoms with Crippen LogP contribution in [-0.4, -0.2) is 34.4 Å². The molecule has 2 aromatic carbocycles. The molecule has 34 heavy (non-hydrogen) atoms. The number of carbonyl (C=O) groups excluding carboxylic acids is 1. The third kappa shape index (κ3) is 4.07. The average Bonchev–Trinajstić information content (AvgIpc) is 3.47. The molecule has 1 aliphatic rings. The van der Waals surface area contributed by atoms with Gasteiger partial charge < -0.3 is 19.5 Å². The molecule has 0 atom stereocenters. The number of nitrogens with one attached hydrogen (secondary N) is 1. The molecule has 5 rings (SSSR count). The first-order valence-electron chi connectivity index (χ1n) is 10.1. The summed E-state index contributed by atoms with van der Waals surface area (Å²) in [5.41, 5.74) is -0.114. The van der Waals surface area contributed by atoms with E-state index in [0.29, 0.717) is 27.3 Å². The van der Waals surface area contributed by atoms with Crippen LogP contribution in [0.2, 0.25) is 0 Å². The van der Waals surface area contributed by atoms with Gasteiger partial charge >= 0.3 is 6.18 Å². The van der Waals surface area contributed by atoms with Crippen molar-refractivity contribution in [2.24, 2.45) is 0 Å². The standard InChI is InChI=1S/C23H17F3N4O4/c1-32-15-4-2-3-14(8-15)16-9-20(23(24,25)26)30-21(28-16)10-17(29-30)22(31)27-11-13-5-6-18-19(7-13)34-12-33-18/h2-10H,11-12H2,1H3,(H,27,31). The Balaban J connectivity index is 1.46. The lowest BCUT2D eigenvalue weighted by molar-refractivity contribution is -0.142. The molecule has 8 nitrogen and oxygen atoms in total. The van der Waals surface area contributed by atoms with Gasteiger partial charge in [-0.3, -0.25) is 4.79 Å². The Hall–Kier alpha value is -4.28. The fourth-order valence-corrected chi connectivity index (χ4v) is 3.54. The van der Waals surface area contributed by atoms with Crippen LogP contribution in [0.1, 0.15) is 21.7 Å².